The van der Waals surface area contributed by atoms with E-state index in [1.165, 1.54) is 11.0 Å². The van der Waals surface area contributed by atoms with Gasteiger partial charge in [0.2, 0.25) is 0 Å². The molecule has 1 amide bonds. The van der Waals surface area contributed by atoms with E-state index in [0.29, 0.717) is 13.0 Å². The Hall–Kier alpha value is -1.82. The van der Waals surface area contributed by atoms with E-state index in [4.69, 9.17) is 21.1 Å². The maximum absolute atomic E-state index is 12.7. The number of carbonyl (C=O) groups is 3. The van der Waals surface area contributed by atoms with Gasteiger partial charge in [0.25, 0.3) is 0 Å². The largest absolute Gasteiger partial charge is 0.461 e. The van der Waals surface area contributed by atoms with Gasteiger partial charge in [-0.05, 0) is 27.2 Å². The van der Waals surface area contributed by atoms with E-state index in [0.717, 1.165) is 0 Å². The van der Waals surface area contributed by atoms with Gasteiger partial charge in [0, 0.05) is 31.0 Å². The summed E-state index contributed by atoms with van der Waals surface area (Å²) in [5.74, 6) is -1.04. The van der Waals surface area contributed by atoms with Crippen LogP contribution in [0.3, 0.4) is 0 Å². The number of hydrogen-bond donors (Lipinski definition) is 0. The highest BCUT2D eigenvalue weighted by Gasteiger charge is 2.50. The van der Waals surface area contributed by atoms with Gasteiger partial charge in [0.1, 0.15) is 17.6 Å². The molecule has 0 aliphatic carbocycles. The Bertz CT molecular complexity index is 566. The van der Waals surface area contributed by atoms with Gasteiger partial charge in [0.05, 0.1) is 0 Å². The van der Waals surface area contributed by atoms with E-state index in [9.17, 15) is 14.4 Å². The highest BCUT2D eigenvalue weighted by atomic mass is 35.5. The quantitative estimate of drug-likeness (QED) is 0.420. The molecule has 1 heterocycles. The Morgan fingerprint density at radius 2 is 2.04 bits per heavy atom. The molecule has 0 spiro atoms. The first-order chi connectivity index (χ1) is 11.5. The highest BCUT2D eigenvalue weighted by molar-refractivity contribution is 6.29. The number of ether oxygens (including phenoxy) is 2. The molecule has 0 N–H and O–H groups in total. The van der Waals surface area contributed by atoms with Crippen LogP contribution in [0.15, 0.2) is 24.3 Å². The fourth-order valence-electron chi connectivity index (χ4n) is 2.65. The Labute approximate surface area is 153 Å². The molecule has 25 heavy (non-hydrogen) atoms. The predicted octanol–water partition coefficient (Wildman–Crippen LogP) is 3.44. The Kier molecular flexibility index (Phi) is 7.23. The number of allylic oxidation sites excluding steroid dienone is 1. The van der Waals surface area contributed by atoms with E-state index in [1.54, 1.807) is 20.8 Å². The van der Waals surface area contributed by atoms with E-state index in [1.807, 2.05) is 0 Å². The van der Waals surface area contributed by atoms with Gasteiger partial charge < -0.3 is 14.4 Å². The molecular weight excluding hydrogens is 346 g/mol. The molecule has 1 rings (SSSR count). The zero-order chi connectivity index (χ0) is 19.3. The first-order valence-electron chi connectivity index (χ1n) is 8.14. The van der Waals surface area contributed by atoms with Crippen molar-refractivity contribution >= 4 is 29.4 Å². The Balaban J connectivity index is 3.18. The van der Waals surface area contributed by atoms with Crippen LogP contribution >= 0.6 is 11.6 Å². The number of halogens is 1. The van der Waals surface area contributed by atoms with Crippen LogP contribution in [-0.4, -0.2) is 48.0 Å². The standard InChI is InChI=1S/C18H26ClNO5/c1-6-10-24-15(22)18(11-13(2)19)12-20(9-7-8-14(18)21)16(23)25-17(3,4)5/h6H,1-2,7-12H2,3-5H3. The van der Waals surface area contributed by atoms with Gasteiger partial charge >= 0.3 is 12.1 Å². The molecule has 6 nitrogen and oxygen atoms in total. The number of hydrogen-bond acceptors (Lipinski definition) is 5. The molecule has 0 radical (unpaired) electrons. The molecule has 1 unspecified atom stereocenters. The molecule has 1 fully saturated rings. The third-order valence-electron chi connectivity index (χ3n) is 3.69. The van der Waals surface area contributed by atoms with Gasteiger partial charge in [-0.1, -0.05) is 30.8 Å². The number of likely N-dealkylation sites (tertiary alicyclic amines) is 1. The number of nitrogens with zero attached hydrogens (tertiary/aromatic N) is 1. The maximum atomic E-state index is 12.7. The average molecular weight is 372 g/mol. The van der Waals surface area contributed by atoms with Crippen molar-refractivity contribution in [2.24, 2.45) is 5.41 Å². The summed E-state index contributed by atoms with van der Waals surface area (Å²) in [7, 11) is 0. The number of ketones is 1. The fourth-order valence-corrected chi connectivity index (χ4v) is 2.88. The molecule has 0 bridgehead atoms. The summed E-state index contributed by atoms with van der Waals surface area (Å²) in [4.78, 5) is 39.2. The molecule has 1 aliphatic heterocycles. The third-order valence-corrected chi connectivity index (χ3v) is 3.83. The molecule has 140 valence electrons. The van der Waals surface area contributed by atoms with Gasteiger partial charge in [-0.3, -0.25) is 9.59 Å². The topological polar surface area (TPSA) is 72.9 Å². The van der Waals surface area contributed by atoms with Crippen molar-refractivity contribution < 1.29 is 23.9 Å². The summed E-state index contributed by atoms with van der Waals surface area (Å²) in [6.45, 7) is 12.5. The molecule has 0 aromatic heterocycles. The van der Waals surface area contributed by atoms with Crippen molar-refractivity contribution in [3.05, 3.63) is 24.3 Å². The van der Waals surface area contributed by atoms with Crippen LogP contribution in [0.2, 0.25) is 0 Å². The number of rotatable bonds is 5. The second-order valence-electron chi connectivity index (χ2n) is 7.09. The van der Waals surface area contributed by atoms with Crippen LogP contribution < -0.4 is 0 Å². The first-order valence-corrected chi connectivity index (χ1v) is 8.52. The van der Waals surface area contributed by atoms with Gasteiger partial charge in [-0.15, -0.1) is 0 Å². The lowest BCUT2D eigenvalue weighted by Gasteiger charge is -2.33. The van der Waals surface area contributed by atoms with E-state index >= 15 is 0 Å². The minimum atomic E-state index is -1.57. The molecule has 1 saturated heterocycles. The number of Topliss-reactive ketones (excluding diaryl/α,β-unsaturated/α-hetero) is 1. The molecule has 0 saturated carbocycles. The van der Waals surface area contributed by atoms with Crippen molar-refractivity contribution in [3.8, 4) is 0 Å². The summed E-state index contributed by atoms with van der Waals surface area (Å²) in [6, 6.07) is 0. The SMILES string of the molecule is C=CCOC(=O)C1(CC(=C)Cl)CN(C(=O)OC(C)(C)C)CCCC1=O. The lowest BCUT2D eigenvalue weighted by molar-refractivity contribution is -0.160. The van der Waals surface area contributed by atoms with E-state index in [-0.39, 0.29) is 36.8 Å². The van der Waals surface area contributed by atoms with Crippen LogP contribution in [0.5, 0.6) is 0 Å². The molecule has 1 atom stereocenters. The number of carbonyl (C=O) groups excluding carboxylic acids is 3. The van der Waals surface area contributed by atoms with Crippen LogP contribution in [0.4, 0.5) is 4.79 Å². The molecule has 7 heteroatoms. The highest BCUT2D eigenvalue weighted by Crippen LogP contribution is 2.35. The zero-order valence-corrected chi connectivity index (χ0v) is 15.9. The van der Waals surface area contributed by atoms with Crippen LogP contribution in [0.1, 0.15) is 40.0 Å². The summed E-state index contributed by atoms with van der Waals surface area (Å²) < 4.78 is 10.5. The zero-order valence-electron chi connectivity index (χ0n) is 15.1. The fraction of sp³-hybridized carbons (Fsp3) is 0.611. The Morgan fingerprint density at radius 3 is 2.56 bits per heavy atom. The van der Waals surface area contributed by atoms with Crippen LogP contribution in [0.25, 0.3) is 0 Å². The van der Waals surface area contributed by atoms with Crippen molar-refractivity contribution in [3.63, 3.8) is 0 Å². The lowest BCUT2D eigenvalue weighted by atomic mass is 9.78. The van der Waals surface area contributed by atoms with Crippen molar-refractivity contribution in [2.75, 3.05) is 19.7 Å². The second kappa shape index (κ2) is 8.52. The van der Waals surface area contributed by atoms with Crippen molar-refractivity contribution in [2.45, 2.75) is 45.6 Å². The minimum Gasteiger partial charge on any atom is -0.461 e. The monoisotopic (exact) mass is 371 g/mol. The number of esters is 1. The van der Waals surface area contributed by atoms with E-state index in [2.05, 4.69) is 13.2 Å². The summed E-state index contributed by atoms with van der Waals surface area (Å²) in [5.41, 5.74) is -2.26. The van der Waals surface area contributed by atoms with Crippen LogP contribution in [0, 0.1) is 5.41 Å². The van der Waals surface area contributed by atoms with Crippen molar-refractivity contribution in [1.82, 2.24) is 4.90 Å². The summed E-state index contributed by atoms with van der Waals surface area (Å²) in [5, 5.41) is 0.148. The normalized spacial score (nSPS) is 21.3. The molecule has 0 aromatic rings. The van der Waals surface area contributed by atoms with Crippen molar-refractivity contribution in [1.29, 1.82) is 0 Å². The smallest absolute Gasteiger partial charge is 0.410 e. The Morgan fingerprint density at radius 1 is 1.40 bits per heavy atom. The van der Waals surface area contributed by atoms with E-state index < -0.39 is 23.1 Å². The molecular formula is C18H26ClNO5. The minimum absolute atomic E-state index is 0.0327. The molecule has 0 aromatic carbocycles. The average Bonchev–Trinajstić information content (AvgIpc) is 2.63. The van der Waals surface area contributed by atoms with Gasteiger partial charge in [-0.2, -0.15) is 0 Å². The third kappa shape index (κ3) is 5.88. The first kappa shape index (κ1) is 21.2. The van der Waals surface area contributed by atoms with Crippen LogP contribution in [-0.2, 0) is 19.1 Å². The molecule has 1 aliphatic rings. The summed E-state index contributed by atoms with van der Waals surface area (Å²) >= 11 is 5.92. The van der Waals surface area contributed by atoms with Gasteiger partial charge in [0.15, 0.2) is 5.78 Å². The summed E-state index contributed by atoms with van der Waals surface area (Å²) in [6.07, 6.45) is 1.32. The van der Waals surface area contributed by atoms with Gasteiger partial charge in [-0.25, -0.2) is 4.79 Å². The predicted molar refractivity (Wildman–Crippen MR) is 95.2 cm³/mol. The maximum Gasteiger partial charge on any atom is 0.410 e. The second-order valence-corrected chi connectivity index (χ2v) is 7.63. The number of amides is 1. The lowest BCUT2D eigenvalue weighted by Crippen LogP contribution is -2.50.